The Morgan fingerprint density at radius 2 is 1.58 bits per heavy atom. The van der Waals surface area contributed by atoms with Gasteiger partial charge in [0.1, 0.15) is 11.8 Å². The molecular formula is C16H15NO2. The zero-order valence-electron chi connectivity index (χ0n) is 10.7. The fourth-order valence-electron chi connectivity index (χ4n) is 2.30. The predicted octanol–water partition coefficient (Wildman–Crippen LogP) is 2.70. The van der Waals surface area contributed by atoms with Gasteiger partial charge in [0.15, 0.2) is 5.60 Å². The van der Waals surface area contributed by atoms with Crippen molar-refractivity contribution in [1.82, 2.24) is 0 Å². The van der Waals surface area contributed by atoms with Crippen molar-refractivity contribution in [2.45, 2.75) is 18.6 Å². The van der Waals surface area contributed by atoms with Crippen molar-refractivity contribution in [2.24, 2.45) is 5.16 Å². The van der Waals surface area contributed by atoms with E-state index in [-0.39, 0.29) is 0 Å². The van der Waals surface area contributed by atoms with E-state index in [1.54, 1.807) is 0 Å². The zero-order chi connectivity index (χ0) is 13.3. The lowest BCUT2D eigenvalue weighted by molar-refractivity contribution is -0.0669. The monoisotopic (exact) mass is 253 g/mol. The quantitative estimate of drug-likeness (QED) is 0.894. The van der Waals surface area contributed by atoms with Crippen LogP contribution in [0.5, 0.6) is 0 Å². The molecule has 0 spiro atoms. The molecule has 2 aromatic carbocycles. The number of aliphatic hydroxyl groups excluding tert-OH is 1. The topological polar surface area (TPSA) is 41.8 Å². The Kier molecular flexibility index (Phi) is 2.84. The van der Waals surface area contributed by atoms with Gasteiger partial charge < -0.3 is 9.94 Å². The van der Waals surface area contributed by atoms with Crippen molar-refractivity contribution in [3.63, 3.8) is 0 Å². The number of aliphatic hydroxyl groups is 1. The van der Waals surface area contributed by atoms with Crippen LogP contribution >= 0.6 is 0 Å². The van der Waals surface area contributed by atoms with Crippen LogP contribution in [0.3, 0.4) is 0 Å². The van der Waals surface area contributed by atoms with Gasteiger partial charge in [-0.2, -0.15) is 0 Å². The number of hydrogen-bond acceptors (Lipinski definition) is 3. The Hall–Kier alpha value is -2.13. The predicted molar refractivity (Wildman–Crippen MR) is 73.9 cm³/mol. The fourth-order valence-corrected chi connectivity index (χ4v) is 2.30. The lowest BCUT2D eigenvalue weighted by Gasteiger charge is -2.26. The smallest absolute Gasteiger partial charge is 0.191 e. The third-order valence-electron chi connectivity index (χ3n) is 3.53. The van der Waals surface area contributed by atoms with Gasteiger partial charge >= 0.3 is 0 Å². The molecule has 0 unspecified atom stereocenters. The molecule has 1 aliphatic rings. The summed E-state index contributed by atoms with van der Waals surface area (Å²) < 4.78 is 0. The molecule has 0 aliphatic carbocycles. The van der Waals surface area contributed by atoms with Gasteiger partial charge in [-0.3, -0.25) is 0 Å². The highest BCUT2D eigenvalue weighted by Gasteiger charge is 2.45. The van der Waals surface area contributed by atoms with Crippen molar-refractivity contribution in [3.8, 4) is 0 Å². The first kappa shape index (κ1) is 11.9. The molecule has 1 heterocycles. The molecule has 3 heteroatoms. The minimum Gasteiger partial charge on any atom is -0.382 e. The molecule has 3 nitrogen and oxygen atoms in total. The Labute approximate surface area is 112 Å². The first-order valence-corrected chi connectivity index (χ1v) is 6.27. The average Bonchev–Trinajstić information content (AvgIpc) is 2.78. The summed E-state index contributed by atoms with van der Waals surface area (Å²) in [5.74, 6) is 0. The molecule has 2 atom stereocenters. The molecule has 0 aromatic heterocycles. The molecule has 0 saturated heterocycles. The van der Waals surface area contributed by atoms with Crippen LogP contribution in [-0.4, -0.2) is 16.9 Å². The molecule has 1 aliphatic heterocycles. The summed E-state index contributed by atoms with van der Waals surface area (Å²) in [6.07, 6.45) is -0.780. The van der Waals surface area contributed by atoms with Crippen molar-refractivity contribution >= 4 is 5.71 Å². The van der Waals surface area contributed by atoms with Crippen LogP contribution in [-0.2, 0) is 10.4 Å². The van der Waals surface area contributed by atoms with Gasteiger partial charge in [0.05, 0.1) is 0 Å². The van der Waals surface area contributed by atoms with Crippen LogP contribution < -0.4 is 0 Å². The summed E-state index contributed by atoms with van der Waals surface area (Å²) in [4.78, 5) is 5.54. The van der Waals surface area contributed by atoms with Gasteiger partial charge in [0.25, 0.3) is 0 Å². The Morgan fingerprint density at radius 3 is 2.21 bits per heavy atom. The van der Waals surface area contributed by atoms with E-state index in [0.717, 1.165) is 11.1 Å². The normalized spacial score (nSPS) is 25.8. The third kappa shape index (κ3) is 1.92. The molecular weight excluding hydrogens is 238 g/mol. The van der Waals surface area contributed by atoms with E-state index in [0.29, 0.717) is 5.71 Å². The second kappa shape index (κ2) is 4.52. The Bertz CT molecular complexity index is 595. The number of benzene rings is 2. The van der Waals surface area contributed by atoms with Crippen LogP contribution in [0, 0.1) is 0 Å². The largest absolute Gasteiger partial charge is 0.382 e. The number of hydrogen-bond donors (Lipinski definition) is 1. The first-order valence-electron chi connectivity index (χ1n) is 6.27. The molecule has 0 radical (unpaired) electrons. The second-order valence-corrected chi connectivity index (χ2v) is 4.81. The molecule has 0 saturated carbocycles. The summed E-state index contributed by atoms with van der Waals surface area (Å²) >= 11 is 0. The van der Waals surface area contributed by atoms with E-state index in [4.69, 9.17) is 4.84 Å². The maximum Gasteiger partial charge on any atom is 0.191 e. The van der Waals surface area contributed by atoms with Crippen LogP contribution in [0.4, 0.5) is 0 Å². The third-order valence-corrected chi connectivity index (χ3v) is 3.53. The summed E-state index contributed by atoms with van der Waals surface area (Å²) in [6, 6.07) is 19.3. The van der Waals surface area contributed by atoms with Gasteiger partial charge in [-0.1, -0.05) is 65.8 Å². The van der Waals surface area contributed by atoms with Gasteiger partial charge in [0, 0.05) is 11.1 Å². The maximum atomic E-state index is 10.6. The molecule has 1 N–H and O–H groups in total. The standard InChI is InChI=1S/C16H15NO2/c1-16(13-10-6-3-7-11-13)15(18)14(17-19-16)12-8-4-2-5-9-12/h2-11,15,18H,1H3/t15-,16+/m0/s1. The van der Waals surface area contributed by atoms with Crippen LogP contribution in [0.2, 0.25) is 0 Å². The highest BCUT2D eigenvalue weighted by molar-refractivity contribution is 6.05. The number of nitrogens with zero attached hydrogens (tertiary/aromatic N) is 1. The van der Waals surface area contributed by atoms with E-state index >= 15 is 0 Å². The van der Waals surface area contributed by atoms with Gasteiger partial charge in [-0.05, 0) is 6.92 Å². The summed E-state index contributed by atoms with van der Waals surface area (Å²) in [5, 5.41) is 14.6. The van der Waals surface area contributed by atoms with Crippen LogP contribution in [0.25, 0.3) is 0 Å². The lowest BCUT2D eigenvalue weighted by Crippen LogP contribution is -2.38. The van der Waals surface area contributed by atoms with Crippen molar-refractivity contribution in [2.75, 3.05) is 0 Å². The molecule has 3 rings (SSSR count). The maximum absolute atomic E-state index is 10.6. The van der Waals surface area contributed by atoms with Gasteiger partial charge in [-0.15, -0.1) is 0 Å². The summed E-state index contributed by atoms with van der Waals surface area (Å²) in [5.41, 5.74) is 1.55. The van der Waals surface area contributed by atoms with E-state index in [1.807, 2.05) is 67.6 Å². The highest BCUT2D eigenvalue weighted by Crippen LogP contribution is 2.36. The minimum absolute atomic E-state index is 0.576. The van der Waals surface area contributed by atoms with E-state index < -0.39 is 11.7 Å². The van der Waals surface area contributed by atoms with E-state index in [2.05, 4.69) is 5.16 Å². The molecule has 2 aromatic rings. The van der Waals surface area contributed by atoms with Gasteiger partial charge in [0.2, 0.25) is 0 Å². The first-order chi connectivity index (χ1) is 9.22. The molecule has 0 fully saturated rings. The Balaban J connectivity index is 1.95. The van der Waals surface area contributed by atoms with Crippen LogP contribution in [0.15, 0.2) is 65.8 Å². The fraction of sp³-hybridized carbons (Fsp3) is 0.188. The summed E-state index contributed by atoms with van der Waals surface area (Å²) in [6.45, 7) is 1.85. The van der Waals surface area contributed by atoms with Crippen molar-refractivity contribution < 1.29 is 9.94 Å². The molecule has 19 heavy (non-hydrogen) atoms. The van der Waals surface area contributed by atoms with Crippen molar-refractivity contribution in [3.05, 3.63) is 71.8 Å². The number of rotatable bonds is 2. The Morgan fingerprint density at radius 1 is 1.00 bits per heavy atom. The van der Waals surface area contributed by atoms with E-state index in [1.165, 1.54) is 0 Å². The van der Waals surface area contributed by atoms with E-state index in [9.17, 15) is 5.11 Å². The molecule has 0 amide bonds. The minimum atomic E-state index is -0.827. The highest BCUT2D eigenvalue weighted by atomic mass is 16.7. The lowest BCUT2D eigenvalue weighted by atomic mass is 9.86. The number of oxime groups is 1. The molecule has 96 valence electrons. The van der Waals surface area contributed by atoms with Gasteiger partial charge in [-0.25, -0.2) is 0 Å². The zero-order valence-corrected chi connectivity index (χ0v) is 10.7. The van der Waals surface area contributed by atoms with Crippen LogP contribution in [0.1, 0.15) is 18.1 Å². The molecule has 0 bridgehead atoms. The van der Waals surface area contributed by atoms with Crippen molar-refractivity contribution in [1.29, 1.82) is 0 Å². The average molecular weight is 253 g/mol. The SMILES string of the molecule is C[C@]1(c2ccccc2)ON=C(c2ccccc2)[C@@H]1O. The second-order valence-electron chi connectivity index (χ2n) is 4.81. The summed E-state index contributed by atoms with van der Waals surface area (Å²) in [7, 11) is 0.